The summed E-state index contributed by atoms with van der Waals surface area (Å²) in [5.41, 5.74) is 10.8. The number of aromatic nitrogens is 6. The molecule has 3 radical (unpaired) electrons. The maximum Gasteiger partial charge on any atom is 0.155 e. The Morgan fingerprint density at radius 2 is 0.509 bits per heavy atom. The third-order valence-corrected chi connectivity index (χ3v) is 13.4. The van der Waals surface area contributed by atoms with Gasteiger partial charge in [0.05, 0.1) is 56.9 Å². The van der Waals surface area contributed by atoms with Crippen molar-refractivity contribution >= 4 is 17.3 Å². The molecule has 21 heteroatoms. The van der Waals surface area contributed by atoms with E-state index in [0.717, 1.165) is 102 Å². The fourth-order valence-corrected chi connectivity index (χ4v) is 9.27. The number of methoxy groups -OCH3 is 2. The van der Waals surface area contributed by atoms with Gasteiger partial charge in [-0.1, -0.05) is 106 Å². The molecule has 0 atom stereocenters. The number of ether oxygens (including phenoxy) is 6. The van der Waals surface area contributed by atoms with Crippen molar-refractivity contribution in [1.29, 1.82) is 0 Å². The van der Waals surface area contributed by atoms with E-state index in [2.05, 4.69) is 66.3 Å². The Hall–Kier alpha value is -11.4. The second kappa shape index (κ2) is 59.4. The molecule has 0 saturated heterocycles. The molecular formula is C93H96Ir3N6O12-6. The van der Waals surface area contributed by atoms with Crippen molar-refractivity contribution in [3.05, 3.63) is 327 Å². The molecule has 603 valence electrons. The third-order valence-electron chi connectivity index (χ3n) is 13.4. The first-order valence-electron chi connectivity index (χ1n) is 35.4. The smallest absolute Gasteiger partial charge is 0.155 e. The molecule has 6 aromatic carbocycles. The number of carbonyl (C=O) groups excluding carboxylic acids is 3. The van der Waals surface area contributed by atoms with Gasteiger partial charge in [0.15, 0.2) is 17.3 Å². The molecule has 3 N–H and O–H groups in total. The first-order chi connectivity index (χ1) is 53.6. The molecule has 6 aromatic heterocycles. The van der Waals surface area contributed by atoms with Gasteiger partial charge in [-0.3, -0.25) is 14.4 Å². The molecule has 0 aliphatic carbocycles. The second-order valence-corrected chi connectivity index (χ2v) is 23.5. The number of hydrogen-bond donors (Lipinski definition) is 3. The molecule has 0 unspecified atom stereocenters. The number of pyridine rings is 6. The largest absolute Gasteiger partial charge is 0.540 e. The summed E-state index contributed by atoms with van der Waals surface area (Å²) >= 11 is 0. The maximum absolute atomic E-state index is 10.0. The third kappa shape index (κ3) is 40.7. The van der Waals surface area contributed by atoms with Crippen LogP contribution in [0.15, 0.2) is 291 Å². The normalized spacial score (nSPS) is 10.1. The number of allylic oxidation sites excluding steroid dienone is 6. The average Bonchev–Trinajstić information content (AvgIpc) is 1.08. The second-order valence-electron chi connectivity index (χ2n) is 23.5. The van der Waals surface area contributed by atoms with Crippen molar-refractivity contribution < 1.29 is 118 Å². The minimum atomic E-state index is -0.125. The van der Waals surface area contributed by atoms with Crippen LogP contribution >= 0.6 is 0 Å². The number of nitrogens with zero attached hydrogens (tertiary/aromatic N) is 6. The van der Waals surface area contributed by atoms with Gasteiger partial charge in [0.2, 0.25) is 0 Å². The fraction of sp³-hybridized carbons (Fsp3) is 0.194. The van der Waals surface area contributed by atoms with Gasteiger partial charge >= 0.3 is 0 Å². The molecule has 0 aliphatic rings. The van der Waals surface area contributed by atoms with Crippen molar-refractivity contribution in [1.82, 2.24) is 29.9 Å². The van der Waals surface area contributed by atoms with E-state index in [1.807, 2.05) is 260 Å². The Bertz CT molecular complexity index is 4390. The van der Waals surface area contributed by atoms with Crippen LogP contribution in [-0.2, 0) is 74.7 Å². The number of carbonyl (C=O) groups is 3. The summed E-state index contributed by atoms with van der Waals surface area (Å²) in [6.07, 6.45) is 14.4. The predicted molar refractivity (Wildman–Crippen MR) is 439 cm³/mol. The van der Waals surface area contributed by atoms with E-state index in [1.165, 1.54) is 59.8 Å². The Balaban J connectivity index is 0.000000649. The zero-order valence-electron chi connectivity index (χ0n) is 66.2. The Labute approximate surface area is 712 Å². The van der Waals surface area contributed by atoms with Crippen molar-refractivity contribution in [2.75, 3.05) is 27.4 Å². The van der Waals surface area contributed by atoms with E-state index in [9.17, 15) is 14.4 Å². The summed E-state index contributed by atoms with van der Waals surface area (Å²) < 4.78 is 33.0. The van der Waals surface area contributed by atoms with E-state index in [4.69, 9.17) is 43.7 Å². The SMILES string of the molecule is CC(=O)C=C(C)O.CC(=O)C=C(C)O.CC(=O)C=C(C)O.CC(C)Oc1ccc[c-]c1-c1ccccn1.CC(C)Oc1ccc[c-]c1-c1ccccn1.CCOc1ccc[c-]c1-c1ccccn1.CCOc1ccc[c-]c1-c1ccccn1.COc1ccc[c-]c1-c1ccccn1.COc1ccc[c-]c1-c1ccccn1.[Ir].[Ir].[Ir]. The van der Waals surface area contributed by atoms with Crippen LogP contribution in [0.2, 0.25) is 0 Å². The number of hydrogen-bond acceptors (Lipinski definition) is 18. The number of ketones is 3. The summed E-state index contributed by atoms with van der Waals surface area (Å²) in [5, 5.41) is 25.1. The van der Waals surface area contributed by atoms with E-state index in [-0.39, 0.29) is 107 Å². The van der Waals surface area contributed by atoms with Crippen LogP contribution in [0.1, 0.15) is 83.1 Å². The van der Waals surface area contributed by atoms with Gasteiger partial charge in [0, 0.05) is 150 Å². The summed E-state index contributed by atoms with van der Waals surface area (Å²) in [4.78, 5) is 55.7. The summed E-state index contributed by atoms with van der Waals surface area (Å²) in [5.74, 6) is 4.73. The summed E-state index contributed by atoms with van der Waals surface area (Å²) in [6, 6.07) is 87.9. The zero-order valence-corrected chi connectivity index (χ0v) is 73.4. The zero-order chi connectivity index (χ0) is 81.0. The predicted octanol–water partition coefficient (Wildman–Crippen LogP) is 20.8. The van der Waals surface area contributed by atoms with E-state index in [0.29, 0.717) is 13.2 Å². The molecule has 0 fully saturated rings. The molecule has 0 spiro atoms. The van der Waals surface area contributed by atoms with Crippen LogP contribution in [0.4, 0.5) is 0 Å². The summed E-state index contributed by atoms with van der Waals surface area (Å²) in [6.45, 7) is 21.8. The molecule has 12 aromatic rings. The molecule has 0 saturated carbocycles. The van der Waals surface area contributed by atoms with Gasteiger partial charge in [-0.25, -0.2) is 0 Å². The molecule has 12 rings (SSSR count). The van der Waals surface area contributed by atoms with Crippen molar-refractivity contribution in [2.45, 2.75) is 95.3 Å². The van der Waals surface area contributed by atoms with E-state index < -0.39 is 0 Å². The number of aliphatic hydroxyl groups excluding tert-OH is 3. The molecule has 18 nitrogen and oxygen atoms in total. The van der Waals surface area contributed by atoms with Crippen LogP contribution in [0, 0.1) is 36.4 Å². The Kier molecular flexibility index (Phi) is 52.4. The van der Waals surface area contributed by atoms with Gasteiger partial charge in [0.25, 0.3) is 0 Å². The van der Waals surface area contributed by atoms with E-state index in [1.54, 1.807) is 51.4 Å². The molecule has 0 aliphatic heterocycles. The minimum absolute atomic E-state index is 0. The summed E-state index contributed by atoms with van der Waals surface area (Å²) in [7, 11) is 3.30. The minimum Gasteiger partial charge on any atom is -0.540 e. The average molecular weight is 2070 g/mol. The fourth-order valence-electron chi connectivity index (χ4n) is 9.27. The topological polar surface area (TPSA) is 245 Å². The van der Waals surface area contributed by atoms with Crippen LogP contribution < -0.4 is 28.4 Å². The number of aliphatic hydroxyl groups is 3. The van der Waals surface area contributed by atoms with Crippen LogP contribution in [0.3, 0.4) is 0 Å². The maximum atomic E-state index is 10.0. The van der Waals surface area contributed by atoms with Gasteiger partial charge < -0.3 is 73.6 Å². The quantitative estimate of drug-likeness (QED) is 0.0387. The first kappa shape index (κ1) is 101. The van der Waals surface area contributed by atoms with Crippen molar-refractivity contribution in [3.63, 3.8) is 0 Å². The van der Waals surface area contributed by atoms with Gasteiger partial charge in [0.1, 0.15) is 0 Å². The van der Waals surface area contributed by atoms with Gasteiger partial charge in [-0.05, 0) is 154 Å². The van der Waals surface area contributed by atoms with Crippen LogP contribution in [0.25, 0.3) is 67.5 Å². The van der Waals surface area contributed by atoms with Gasteiger partial charge in [-0.2, -0.15) is 0 Å². The Morgan fingerprint density at radius 1 is 0.316 bits per heavy atom. The molecule has 6 heterocycles. The first-order valence-corrected chi connectivity index (χ1v) is 35.4. The van der Waals surface area contributed by atoms with E-state index >= 15 is 0 Å². The molecular weight excluding hydrogens is 1970 g/mol. The van der Waals surface area contributed by atoms with Gasteiger partial charge in [-0.15, -0.1) is 146 Å². The van der Waals surface area contributed by atoms with Crippen LogP contribution in [-0.4, -0.2) is 102 Å². The van der Waals surface area contributed by atoms with Crippen molar-refractivity contribution in [2.24, 2.45) is 0 Å². The number of benzene rings is 6. The standard InChI is InChI=1S/2C14H14NO.2C13H12NO.2C12H10NO.3C5H8O2.3Ir/c2*1-11(2)16-14-9-4-3-7-12(14)13-8-5-6-10-15-13;2*1-2-15-13-9-4-3-7-11(13)12-8-5-6-10-14-12;2*1-14-12-8-3-2-6-10(12)11-7-4-5-9-13-11;3*1-4(6)3-5(2)7;;;/h2*3-6,8-11H,1-2H3;2*3-6,8-10H,2H2,1H3;2*2-5,7-9H,1H3;3*3,6H,1-2H3;;;/q6*-1;;;;;;. The van der Waals surface area contributed by atoms with Crippen molar-refractivity contribution in [3.8, 4) is 102 Å². The molecule has 0 bridgehead atoms. The number of rotatable bonds is 19. The van der Waals surface area contributed by atoms with Crippen LogP contribution in [0.5, 0.6) is 34.5 Å². The monoisotopic (exact) mass is 2070 g/mol. The Morgan fingerprint density at radius 3 is 0.667 bits per heavy atom. The molecule has 114 heavy (non-hydrogen) atoms. The molecule has 0 amide bonds.